The molecule has 1 atom stereocenters. The van der Waals surface area contributed by atoms with Gasteiger partial charge in [0.15, 0.2) is 10.6 Å². The van der Waals surface area contributed by atoms with Gasteiger partial charge in [-0.05, 0) is 75.3 Å². The second-order valence-corrected chi connectivity index (χ2v) is 7.63. The Labute approximate surface area is 158 Å². The highest BCUT2D eigenvalue weighted by atomic mass is 35.5. The maximum absolute atomic E-state index is 6.05. The third-order valence-electron chi connectivity index (χ3n) is 4.97. The van der Waals surface area contributed by atoms with Crippen molar-refractivity contribution in [2.45, 2.75) is 45.0 Å². The van der Waals surface area contributed by atoms with Crippen LogP contribution in [0.25, 0.3) is 11.4 Å². The van der Waals surface area contributed by atoms with Gasteiger partial charge in [-0.3, -0.25) is 9.47 Å². The van der Waals surface area contributed by atoms with Crippen molar-refractivity contribution in [1.82, 2.24) is 19.2 Å². The maximum atomic E-state index is 6.05. The van der Waals surface area contributed by atoms with E-state index in [9.17, 15) is 0 Å². The summed E-state index contributed by atoms with van der Waals surface area (Å²) in [6.45, 7) is 4.61. The van der Waals surface area contributed by atoms with E-state index in [0.717, 1.165) is 66.9 Å². The zero-order valence-electron chi connectivity index (χ0n) is 14.2. The molecule has 0 N–H and O–H groups in total. The lowest BCUT2D eigenvalue weighted by atomic mass is 10.2. The standard InChI is InChI=1S/C18H23ClN4OS/c19-15-7-5-14(6-8-15)17-20-23(13-21-9-1-2-10-21)18(25)22(17)12-16-4-3-11-24-16/h5-8,16H,1-4,9-13H2/t16-/m1/s1. The molecule has 2 aliphatic heterocycles. The van der Waals surface area contributed by atoms with Crippen LogP contribution in [-0.4, -0.2) is 45.0 Å². The number of aromatic nitrogens is 3. The highest BCUT2D eigenvalue weighted by Gasteiger charge is 2.22. The van der Waals surface area contributed by atoms with E-state index in [1.54, 1.807) is 0 Å². The predicted octanol–water partition coefficient (Wildman–Crippen LogP) is 3.97. The van der Waals surface area contributed by atoms with Gasteiger partial charge in [-0.1, -0.05) is 11.6 Å². The van der Waals surface area contributed by atoms with Crippen LogP contribution in [0, 0.1) is 4.77 Å². The van der Waals surface area contributed by atoms with Crippen molar-refractivity contribution in [2.75, 3.05) is 19.7 Å². The molecule has 25 heavy (non-hydrogen) atoms. The molecule has 2 aliphatic rings. The molecule has 7 heteroatoms. The van der Waals surface area contributed by atoms with Gasteiger partial charge >= 0.3 is 0 Å². The molecule has 1 aromatic carbocycles. The fourth-order valence-corrected chi connectivity index (χ4v) is 4.00. The van der Waals surface area contributed by atoms with Crippen LogP contribution in [0.1, 0.15) is 25.7 Å². The third kappa shape index (κ3) is 3.82. The van der Waals surface area contributed by atoms with E-state index >= 15 is 0 Å². The summed E-state index contributed by atoms with van der Waals surface area (Å²) in [5.41, 5.74) is 1.04. The second-order valence-electron chi connectivity index (χ2n) is 6.82. The first kappa shape index (κ1) is 17.2. The smallest absolute Gasteiger partial charge is 0.199 e. The van der Waals surface area contributed by atoms with Gasteiger partial charge in [0.1, 0.15) is 0 Å². The molecule has 0 aliphatic carbocycles. The summed E-state index contributed by atoms with van der Waals surface area (Å²) in [6, 6.07) is 7.81. The first-order valence-corrected chi connectivity index (χ1v) is 9.77. The van der Waals surface area contributed by atoms with Crippen molar-refractivity contribution in [3.8, 4) is 11.4 Å². The highest BCUT2D eigenvalue weighted by molar-refractivity contribution is 7.71. The molecule has 134 valence electrons. The van der Waals surface area contributed by atoms with E-state index < -0.39 is 0 Å². The van der Waals surface area contributed by atoms with Crippen LogP contribution in [0.15, 0.2) is 24.3 Å². The van der Waals surface area contributed by atoms with Gasteiger partial charge in [0.05, 0.1) is 19.3 Å². The van der Waals surface area contributed by atoms with Gasteiger partial charge in [-0.2, -0.15) is 5.10 Å². The van der Waals surface area contributed by atoms with E-state index in [0.29, 0.717) is 0 Å². The van der Waals surface area contributed by atoms with Gasteiger partial charge in [0.2, 0.25) is 0 Å². The summed E-state index contributed by atoms with van der Waals surface area (Å²) in [5, 5.41) is 5.58. The molecular weight excluding hydrogens is 356 g/mol. The van der Waals surface area contributed by atoms with Crippen molar-refractivity contribution in [3.05, 3.63) is 34.1 Å². The molecule has 0 unspecified atom stereocenters. The van der Waals surface area contributed by atoms with Crippen molar-refractivity contribution < 1.29 is 4.74 Å². The van der Waals surface area contributed by atoms with Gasteiger partial charge < -0.3 is 4.74 Å². The Morgan fingerprint density at radius 3 is 2.60 bits per heavy atom. The van der Waals surface area contributed by atoms with Gasteiger partial charge in [0, 0.05) is 17.2 Å². The molecule has 0 radical (unpaired) electrons. The molecule has 0 saturated carbocycles. The summed E-state index contributed by atoms with van der Waals surface area (Å²) in [6.07, 6.45) is 4.94. The molecule has 2 fully saturated rings. The lowest BCUT2D eigenvalue weighted by Crippen LogP contribution is -2.24. The molecule has 2 saturated heterocycles. The zero-order chi connectivity index (χ0) is 17.2. The molecule has 0 bridgehead atoms. The first-order valence-electron chi connectivity index (χ1n) is 8.98. The number of halogens is 1. The van der Waals surface area contributed by atoms with Gasteiger partial charge in [0.25, 0.3) is 0 Å². The molecule has 4 rings (SSSR count). The molecule has 2 aromatic rings. The van der Waals surface area contributed by atoms with Crippen molar-refractivity contribution in [2.24, 2.45) is 0 Å². The number of likely N-dealkylation sites (tertiary alicyclic amines) is 1. The summed E-state index contributed by atoms with van der Waals surface area (Å²) in [4.78, 5) is 2.41. The lowest BCUT2D eigenvalue weighted by Gasteiger charge is -2.14. The lowest BCUT2D eigenvalue weighted by molar-refractivity contribution is 0.0967. The average molecular weight is 379 g/mol. The average Bonchev–Trinajstić information content (AvgIpc) is 3.35. The van der Waals surface area contributed by atoms with Crippen LogP contribution in [0.4, 0.5) is 0 Å². The van der Waals surface area contributed by atoms with Crippen LogP contribution in [0.2, 0.25) is 5.02 Å². The number of nitrogens with zero attached hydrogens (tertiary/aromatic N) is 4. The molecular formula is C18H23ClN4OS. The fraction of sp³-hybridized carbons (Fsp3) is 0.556. The summed E-state index contributed by atoms with van der Waals surface area (Å²) >= 11 is 11.8. The molecule has 3 heterocycles. The summed E-state index contributed by atoms with van der Waals surface area (Å²) < 4.78 is 10.7. The first-order chi connectivity index (χ1) is 12.2. The highest BCUT2D eigenvalue weighted by Crippen LogP contribution is 2.24. The Morgan fingerprint density at radius 2 is 1.92 bits per heavy atom. The second kappa shape index (κ2) is 7.58. The summed E-state index contributed by atoms with van der Waals surface area (Å²) in [7, 11) is 0. The number of rotatable bonds is 5. The predicted molar refractivity (Wildman–Crippen MR) is 101 cm³/mol. The quantitative estimate of drug-likeness (QED) is 0.737. The van der Waals surface area contributed by atoms with Crippen molar-refractivity contribution in [1.29, 1.82) is 0 Å². The molecule has 0 amide bonds. The number of hydrogen-bond donors (Lipinski definition) is 0. The number of ether oxygens (including phenoxy) is 1. The van der Waals surface area contributed by atoms with E-state index in [1.807, 2.05) is 28.9 Å². The minimum atomic E-state index is 0.224. The van der Waals surface area contributed by atoms with Crippen LogP contribution >= 0.6 is 23.8 Å². The fourth-order valence-electron chi connectivity index (χ4n) is 3.62. The monoisotopic (exact) mass is 378 g/mol. The van der Waals surface area contributed by atoms with Crippen LogP contribution in [0.3, 0.4) is 0 Å². The summed E-state index contributed by atoms with van der Waals surface area (Å²) in [5.74, 6) is 0.899. The maximum Gasteiger partial charge on any atom is 0.199 e. The number of benzene rings is 1. The largest absolute Gasteiger partial charge is 0.376 e. The minimum Gasteiger partial charge on any atom is -0.376 e. The SMILES string of the molecule is S=c1n(CN2CCCC2)nc(-c2ccc(Cl)cc2)n1C[C@H]1CCCO1. The Morgan fingerprint density at radius 1 is 1.16 bits per heavy atom. The van der Waals surface area contributed by atoms with Crippen LogP contribution < -0.4 is 0 Å². The Hall–Kier alpha value is -1.21. The van der Waals surface area contributed by atoms with E-state index in [1.165, 1.54) is 12.8 Å². The Bertz CT molecular complexity index is 773. The topological polar surface area (TPSA) is 35.2 Å². The molecule has 5 nitrogen and oxygen atoms in total. The van der Waals surface area contributed by atoms with Crippen molar-refractivity contribution in [3.63, 3.8) is 0 Å². The van der Waals surface area contributed by atoms with Gasteiger partial charge in [-0.15, -0.1) is 0 Å². The van der Waals surface area contributed by atoms with E-state index in [-0.39, 0.29) is 6.10 Å². The zero-order valence-corrected chi connectivity index (χ0v) is 15.8. The van der Waals surface area contributed by atoms with Crippen LogP contribution in [-0.2, 0) is 18.0 Å². The minimum absolute atomic E-state index is 0.224. The Balaban J connectivity index is 1.68. The van der Waals surface area contributed by atoms with E-state index in [4.69, 9.17) is 33.7 Å². The molecule has 1 aromatic heterocycles. The number of hydrogen-bond acceptors (Lipinski definition) is 4. The Kier molecular flexibility index (Phi) is 5.22. The molecule has 0 spiro atoms. The van der Waals surface area contributed by atoms with Crippen LogP contribution in [0.5, 0.6) is 0 Å². The van der Waals surface area contributed by atoms with Gasteiger partial charge in [-0.25, -0.2) is 4.68 Å². The normalized spacial score (nSPS) is 21.2. The van der Waals surface area contributed by atoms with Crippen molar-refractivity contribution >= 4 is 23.8 Å². The third-order valence-corrected chi connectivity index (χ3v) is 5.65. The van der Waals surface area contributed by atoms with E-state index in [2.05, 4.69) is 9.47 Å².